The lowest BCUT2D eigenvalue weighted by Crippen LogP contribution is -2.63. The van der Waals surface area contributed by atoms with Crippen LogP contribution in [-0.4, -0.2) is 60.8 Å². The largest absolute Gasteiger partial charge is 0.491 e. The number of ether oxygens (including phenoxy) is 3. The van der Waals surface area contributed by atoms with Gasteiger partial charge in [0.25, 0.3) is 11.8 Å². The molecule has 2 aliphatic heterocycles. The molecule has 1 spiro atoms. The quantitative estimate of drug-likeness (QED) is 0.660. The van der Waals surface area contributed by atoms with Crippen molar-refractivity contribution in [1.82, 2.24) is 10.2 Å². The minimum Gasteiger partial charge on any atom is -0.491 e. The molecule has 2 heterocycles. The summed E-state index contributed by atoms with van der Waals surface area (Å²) in [6.07, 6.45) is 3.06. The molecule has 2 aromatic rings. The fourth-order valence-electron chi connectivity index (χ4n) is 4.82. The van der Waals surface area contributed by atoms with Gasteiger partial charge in [-0.1, -0.05) is 29.8 Å². The zero-order valence-corrected chi connectivity index (χ0v) is 22.0. The first-order valence-electron chi connectivity index (χ1n) is 12.6. The molecule has 0 bridgehead atoms. The van der Waals surface area contributed by atoms with Crippen molar-refractivity contribution in [2.45, 2.75) is 57.7 Å². The van der Waals surface area contributed by atoms with Crippen molar-refractivity contribution in [3.05, 3.63) is 58.6 Å². The number of fused-ring (bicyclic) bond motifs is 1. The van der Waals surface area contributed by atoms with Gasteiger partial charge >= 0.3 is 0 Å². The fraction of sp³-hybridized carbons (Fsp3) is 0.500. The van der Waals surface area contributed by atoms with Gasteiger partial charge < -0.3 is 24.4 Å². The number of rotatable bonds is 3. The molecule has 36 heavy (non-hydrogen) atoms. The van der Waals surface area contributed by atoms with Gasteiger partial charge in [0.1, 0.15) is 18.1 Å². The van der Waals surface area contributed by atoms with E-state index in [1.807, 2.05) is 31.2 Å². The predicted octanol–water partition coefficient (Wildman–Crippen LogP) is 4.33. The number of carbonyl (C=O) groups excluding carboxylic acids is 2. The Morgan fingerprint density at radius 1 is 1.17 bits per heavy atom. The van der Waals surface area contributed by atoms with Crippen LogP contribution in [0.15, 0.2) is 42.5 Å². The summed E-state index contributed by atoms with van der Waals surface area (Å²) in [4.78, 5) is 28.6. The number of aryl methyl sites for hydroxylation is 2. The number of halogens is 1. The average molecular weight is 515 g/mol. The molecule has 8 heteroatoms. The molecule has 1 N–H and O–H groups in total. The van der Waals surface area contributed by atoms with Gasteiger partial charge in [0.2, 0.25) is 0 Å². The summed E-state index contributed by atoms with van der Waals surface area (Å²) in [6, 6.07) is 13.3. The van der Waals surface area contributed by atoms with Crippen molar-refractivity contribution in [2.24, 2.45) is 0 Å². The molecule has 1 saturated heterocycles. The highest BCUT2D eigenvalue weighted by Crippen LogP contribution is 2.30. The minimum absolute atomic E-state index is 0.182. The first-order valence-corrected chi connectivity index (χ1v) is 13.0. The average Bonchev–Trinajstić information content (AvgIpc) is 2.86. The van der Waals surface area contributed by atoms with Crippen LogP contribution in [0.1, 0.15) is 44.2 Å². The lowest BCUT2D eigenvalue weighted by molar-refractivity contribution is -0.173. The standard InChI is InChI=1S/C28H35ClN2O5/c1-20-18-22(11-12-23(20)29)36-27(2,3)26(33)31-15-17-35-28(19-31)13-7-6-9-21-8-4-5-10-24(21)34-16-14-30-25(28)32/h4-5,8,10-12,18H,6-7,9,13-17,19H2,1-3H3,(H,30,32). The Hall–Kier alpha value is -2.77. The third kappa shape index (κ3) is 5.95. The lowest BCUT2D eigenvalue weighted by atomic mass is 9.91. The number of nitrogens with zero attached hydrogens (tertiary/aromatic N) is 1. The van der Waals surface area contributed by atoms with Gasteiger partial charge in [-0.15, -0.1) is 0 Å². The van der Waals surface area contributed by atoms with Crippen molar-refractivity contribution in [2.75, 3.05) is 32.8 Å². The second kappa shape index (κ2) is 11.1. The number of para-hydroxylation sites is 1. The van der Waals surface area contributed by atoms with Crippen LogP contribution < -0.4 is 14.8 Å². The van der Waals surface area contributed by atoms with Crippen LogP contribution in [0.2, 0.25) is 5.02 Å². The van der Waals surface area contributed by atoms with Gasteiger partial charge in [-0.2, -0.15) is 0 Å². The van der Waals surface area contributed by atoms with Crippen LogP contribution in [0.25, 0.3) is 0 Å². The summed E-state index contributed by atoms with van der Waals surface area (Å²) in [5, 5.41) is 3.61. The zero-order valence-electron chi connectivity index (χ0n) is 21.3. The molecule has 7 nitrogen and oxygen atoms in total. The zero-order chi connectivity index (χ0) is 25.8. The summed E-state index contributed by atoms with van der Waals surface area (Å²) in [5.74, 6) is 1.05. The Labute approximate surface area is 218 Å². The molecular formula is C28H35ClN2O5. The first-order chi connectivity index (χ1) is 17.2. The van der Waals surface area contributed by atoms with Gasteiger partial charge in [0, 0.05) is 11.6 Å². The summed E-state index contributed by atoms with van der Waals surface area (Å²) in [7, 11) is 0. The predicted molar refractivity (Wildman–Crippen MR) is 139 cm³/mol. The van der Waals surface area contributed by atoms with E-state index in [0.717, 1.165) is 36.1 Å². The van der Waals surface area contributed by atoms with E-state index >= 15 is 0 Å². The Bertz CT molecular complexity index is 1110. The summed E-state index contributed by atoms with van der Waals surface area (Å²) < 4.78 is 18.1. The molecular weight excluding hydrogens is 480 g/mol. The van der Waals surface area contributed by atoms with Gasteiger partial charge in [-0.05, 0) is 81.8 Å². The van der Waals surface area contributed by atoms with Crippen molar-refractivity contribution in [3.63, 3.8) is 0 Å². The van der Waals surface area contributed by atoms with Crippen molar-refractivity contribution in [3.8, 4) is 11.5 Å². The summed E-state index contributed by atoms with van der Waals surface area (Å²) in [5.41, 5.74) is -0.187. The van der Waals surface area contributed by atoms with Crippen LogP contribution in [0.5, 0.6) is 11.5 Å². The monoisotopic (exact) mass is 514 g/mol. The van der Waals surface area contributed by atoms with E-state index < -0.39 is 11.2 Å². The fourth-order valence-corrected chi connectivity index (χ4v) is 4.94. The van der Waals surface area contributed by atoms with Crippen molar-refractivity contribution in [1.29, 1.82) is 0 Å². The van der Waals surface area contributed by atoms with Crippen molar-refractivity contribution < 1.29 is 23.8 Å². The molecule has 0 saturated carbocycles. The van der Waals surface area contributed by atoms with E-state index in [1.54, 1.807) is 30.9 Å². The number of hydrogen-bond acceptors (Lipinski definition) is 5. The number of nitrogens with one attached hydrogen (secondary N) is 1. The Kier molecular flexibility index (Phi) is 8.10. The highest BCUT2D eigenvalue weighted by Gasteiger charge is 2.47. The van der Waals surface area contributed by atoms with Gasteiger partial charge in [-0.3, -0.25) is 9.59 Å². The summed E-state index contributed by atoms with van der Waals surface area (Å²) in [6.45, 7) is 6.97. The maximum atomic E-state index is 13.6. The Balaban J connectivity index is 1.47. The number of carbonyl (C=O) groups is 2. The third-order valence-electron chi connectivity index (χ3n) is 6.80. The van der Waals surface area contributed by atoms with Crippen molar-refractivity contribution >= 4 is 23.4 Å². The molecule has 0 aromatic heterocycles. The minimum atomic E-state index is -1.13. The van der Waals surface area contributed by atoms with E-state index in [9.17, 15) is 9.59 Å². The third-order valence-corrected chi connectivity index (χ3v) is 7.22. The van der Waals surface area contributed by atoms with E-state index in [2.05, 4.69) is 11.4 Å². The highest BCUT2D eigenvalue weighted by atomic mass is 35.5. The normalized spacial score (nSPS) is 21.4. The SMILES string of the molecule is Cc1cc(OC(C)(C)C(=O)N2CCOC3(CCCCc4ccccc4OCCNC3=O)C2)ccc1Cl. The van der Waals surface area contributed by atoms with Crippen LogP contribution >= 0.6 is 11.6 Å². The van der Waals surface area contributed by atoms with E-state index in [1.165, 1.54) is 0 Å². The Morgan fingerprint density at radius 2 is 1.97 bits per heavy atom. The first kappa shape index (κ1) is 26.3. The topological polar surface area (TPSA) is 77.1 Å². The van der Waals surface area contributed by atoms with Crippen LogP contribution in [-0.2, 0) is 20.7 Å². The second-order valence-corrected chi connectivity index (χ2v) is 10.4. The van der Waals surface area contributed by atoms with Gasteiger partial charge in [0.15, 0.2) is 11.2 Å². The molecule has 1 unspecified atom stereocenters. The summed E-state index contributed by atoms with van der Waals surface area (Å²) >= 11 is 6.13. The maximum Gasteiger partial charge on any atom is 0.266 e. The number of morpholine rings is 1. The molecule has 0 aliphatic carbocycles. The van der Waals surface area contributed by atoms with Gasteiger partial charge in [0.05, 0.1) is 19.7 Å². The van der Waals surface area contributed by atoms with Crippen LogP contribution in [0.3, 0.4) is 0 Å². The number of amides is 2. The molecule has 2 aliphatic rings. The number of hydrogen-bond donors (Lipinski definition) is 1. The molecule has 1 atom stereocenters. The highest BCUT2D eigenvalue weighted by molar-refractivity contribution is 6.31. The Morgan fingerprint density at radius 3 is 2.78 bits per heavy atom. The van der Waals surface area contributed by atoms with E-state index in [0.29, 0.717) is 36.9 Å². The number of benzene rings is 2. The maximum absolute atomic E-state index is 13.6. The second-order valence-electron chi connectivity index (χ2n) is 10.0. The lowest BCUT2D eigenvalue weighted by Gasteiger charge is -2.43. The molecule has 0 radical (unpaired) electrons. The molecule has 194 valence electrons. The van der Waals surface area contributed by atoms with Gasteiger partial charge in [-0.25, -0.2) is 0 Å². The van der Waals surface area contributed by atoms with E-state index in [-0.39, 0.29) is 25.0 Å². The molecule has 2 amide bonds. The molecule has 1 fully saturated rings. The molecule has 4 rings (SSSR count). The smallest absolute Gasteiger partial charge is 0.266 e. The molecule has 2 aromatic carbocycles. The van der Waals surface area contributed by atoms with E-state index in [4.69, 9.17) is 25.8 Å². The van der Waals surface area contributed by atoms with Crippen LogP contribution in [0, 0.1) is 6.92 Å². The van der Waals surface area contributed by atoms with Crippen LogP contribution in [0.4, 0.5) is 0 Å².